The van der Waals surface area contributed by atoms with Crippen molar-refractivity contribution >= 4 is 0 Å². The topological polar surface area (TPSA) is 42.7 Å². The van der Waals surface area contributed by atoms with Gasteiger partial charge in [-0.15, -0.1) is 0 Å². The maximum atomic E-state index is 4.36. The summed E-state index contributed by atoms with van der Waals surface area (Å²) in [4.78, 5) is 4.36. The van der Waals surface area contributed by atoms with E-state index < -0.39 is 0 Å². The number of nitrogens with zero attached hydrogens (tertiary/aromatic N) is 3. The molecule has 1 aliphatic rings. The van der Waals surface area contributed by atoms with Crippen LogP contribution in [0.15, 0.2) is 6.33 Å². The van der Waals surface area contributed by atoms with Crippen LogP contribution in [0.5, 0.6) is 0 Å². The summed E-state index contributed by atoms with van der Waals surface area (Å²) in [7, 11) is 1.98. The van der Waals surface area contributed by atoms with Gasteiger partial charge in [0, 0.05) is 19.5 Å². The van der Waals surface area contributed by atoms with Gasteiger partial charge in [-0.3, -0.25) is 4.68 Å². The van der Waals surface area contributed by atoms with E-state index in [4.69, 9.17) is 0 Å². The summed E-state index contributed by atoms with van der Waals surface area (Å²) in [5, 5.41) is 7.82. The molecule has 0 saturated heterocycles. The van der Waals surface area contributed by atoms with Crippen LogP contribution in [0.4, 0.5) is 0 Å². The van der Waals surface area contributed by atoms with Crippen LogP contribution >= 0.6 is 0 Å². The zero-order chi connectivity index (χ0) is 13.0. The van der Waals surface area contributed by atoms with Crippen molar-refractivity contribution in [1.29, 1.82) is 0 Å². The van der Waals surface area contributed by atoms with E-state index in [1.165, 1.54) is 25.7 Å². The predicted molar refractivity (Wildman–Crippen MR) is 73.3 cm³/mol. The second-order valence-corrected chi connectivity index (χ2v) is 5.70. The van der Waals surface area contributed by atoms with Crippen molar-refractivity contribution in [3.8, 4) is 0 Å². The van der Waals surface area contributed by atoms with E-state index in [1.807, 2.05) is 11.7 Å². The number of aromatic nitrogens is 3. The lowest BCUT2D eigenvalue weighted by atomic mass is 9.77. The Morgan fingerprint density at radius 3 is 2.94 bits per heavy atom. The molecule has 2 rings (SSSR count). The molecule has 0 radical (unpaired) electrons. The van der Waals surface area contributed by atoms with E-state index in [1.54, 1.807) is 6.33 Å². The van der Waals surface area contributed by atoms with Gasteiger partial charge in [-0.05, 0) is 31.2 Å². The molecule has 0 amide bonds. The molecule has 102 valence electrons. The minimum Gasteiger partial charge on any atom is -0.314 e. The number of hydrogen-bond donors (Lipinski definition) is 1. The van der Waals surface area contributed by atoms with Crippen LogP contribution in [0.1, 0.15) is 45.4 Å². The second kappa shape index (κ2) is 6.32. The largest absolute Gasteiger partial charge is 0.314 e. The second-order valence-electron chi connectivity index (χ2n) is 5.70. The van der Waals surface area contributed by atoms with Gasteiger partial charge >= 0.3 is 0 Å². The average molecular weight is 250 g/mol. The first-order valence-corrected chi connectivity index (χ1v) is 7.27. The molecule has 4 nitrogen and oxygen atoms in total. The highest BCUT2D eigenvalue weighted by Gasteiger charge is 2.27. The molecule has 1 N–H and O–H groups in total. The highest BCUT2D eigenvalue weighted by Crippen LogP contribution is 2.31. The zero-order valence-corrected chi connectivity index (χ0v) is 11.9. The smallest absolute Gasteiger partial charge is 0.138 e. The van der Waals surface area contributed by atoms with Crippen molar-refractivity contribution in [3.63, 3.8) is 0 Å². The van der Waals surface area contributed by atoms with Crippen molar-refractivity contribution in [3.05, 3.63) is 12.2 Å². The predicted octanol–water partition coefficient (Wildman–Crippen LogP) is 2.16. The van der Waals surface area contributed by atoms with E-state index in [9.17, 15) is 0 Å². The molecule has 0 aliphatic heterocycles. The van der Waals surface area contributed by atoms with Crippen molar-refractivity contribution in [2.45, 2.75) is 52.0 Å². The number of hydrogen-bond acceptors (Lipinski definition) is 3. The maximum Gasteiger partial charge on any atom is 0.138 e. The molecular weight excluding hydrogens is 224 g/mol. The summed E-state index contributed by atoms with van der Waals surface area (Å²) in [5.41, 5.74) is 0. The van der Waals surface area contributed by atoms with Crippen molar-refractivity contribution < 1.29 is 0 Å². The monoisotopic (exact) mass is 250 g/mol. The third-order valence-electron chi connectivity index (χ3n) is 4.22. The van der Waals surface area contributed by atoms with Gasteiger partial charge in [0.05, 0.1) is 0 Å². The molecular formula is C14H26N4. The summed E-state index contributed by atoms with van der Waals surface area (Å²) in [6, 6.07) is 0.556. The van der Waals surface area contributed by atoms with Gasteiger partial charge in [0.1, 0.15) is 12.2 Å². The van der Waals surface area contributed by atoms with Crippen molar-refractivity contribution in [2.24, 2.45) is 18.9 Å². The molecule has 1 aromatic rings. The lowest BCUT2D eigenvalue weighted by Crippen LogP contribution is -2.40. The zero-order valence-electron chi connectivity index (χ0n) is 11.9. The third kappa shape index (κ3) is 3.31. The van der Waals surface area contributed by atoms with Gasteiger partial charge in [0.25, 0.3) is 0 Å². The summed E-state index contributed by atoms with van der Waals surface area (Å²) < 4.78 is 1.90. The Bertz CT molecular complexity index is 360. The van der Waals surface area contributed by atoms with Gasteiger partial charge in [-0.25, -0.2) is 4.98 Å². The van der Waals surface area contributed by atoms with E-state index >= 15 is 0 Å². The fourth-order valence-electron chi connectivity index (χ4n) is 3.22. The standard InChI is InChI=1S/C14H26N4/c1-4-15-13(9-14-16-10-17-18(14)3)12-7-5-6-11(2)8-12/h10-13,15H,4-9H2,1-3H3. The summed E-state index contributed by atoms with van der Waals surface area (Å²) in [6.45, 7) is 5.61. The molecule has 1 heterocycles. The molecule has 1 aliphatic carbocycles. The van der Waals surface area contributed by atoms with Crippen LogP contribution < -0.4 is 5.32 Å². The SMILES string of the molecule is CCNC(Cc1ncnn1C)C1CCCC(C)C1. The molecule has 1 aromatic heterocycles. The lowest BCUT2D eigenvalue weighted by Gasteiger charge is -2.33. The van der Waals surface area contributed by atoms with E-state index in [0.717, 1.165) is 30.6 Å². The first-order valence-electron chi connectivity index (χ1n) is 7.27. The molecule has 3 atom stereocenters. The Balaban J connectivity index is 2.01. The minimum absolute atomic E-state index is 0.556. The van der Waals surface area contributed by atoms with Crippen molar-refractivity contribution in [2.75, 3.05) is 6.54 Å². The van der Waals surface area contributed by atoms with Gasteiger partial charge in [-0.2, -0.15) is 5.10 Å². The summed E-state index contributed by atoms with van der Waals surface area (Å²) >= 11 is 0. The van der Waals surface area contributed by atoms with Crippen LogP contribution in [0.25, 0.3) is 0 Å². The van der Waals surface area contributed by atoms with E-state index in [2.05, 4.69) is 29.2 Å². The Morgan fingerprint density at radius 1 is 1.50 bits per heavy atom. The molecule has 18 heavy (non-hydrogen) atoms. The van der Waals surface area contributed by atoms with E-state index in [0.29, 0.717) is 6.04 Å². The highest BCUT2D eigenvalue weighted by atomic mass is 15.3. The van der Waals surface area contributed by atoms with Gasteiger partial charge in [-0.1, -0.05) is 26.7 Å². The molecule has 1 fully saturated rings. The van der Waals surface area contributed by atoms with Crippen LogP contribution in [0.2, 0.25) is 0 Å². The lowest BCUT2D eigenvalue weighted by molar-refractivity contribution is 0.220. The number of rotatable bonds is 5. The summed E-state index contributed by atoms with van der Waals surface area (Å²) in [6.07, 6.45) is 8.16. The Labute approximate surface area is 110 Å². The van der Waals surface area contributed by atoms with Gasteiger partial charge < -0.3 is 5.32 Å². The quantitative estimate of drug-likeness (QED) is 0.871. The molecule has 4 heteroatoms. The van der Waals surface area contributed by atoms with Gasteiger partial charge in [0.15, 0.2) is 0 Å². The number of nitrogens with one attached hydrogen (secondary N) is 1. The first-order chi connectivity index (χ1) is 8.70. The molecule has 1 saturated carbocycles. The average Bonchev–Trinajstić information content (AvgIpc) is 2.74. The number of aryl methyl sites for hydroxylation is 1. The van der Waals surface area contributed by atoms with Crippen LogP contribution in [-0.4, -0.2) is 27.4 Å². The van der Waals surface area contributed by atoms with Crippen molar-refractivity contribution in [1.82, 2.24) is 20.1 Å². The minimum atomic E-state index is 0.556. The first kappa shape index (κ1) is 13.5. The molecule has 3 unspecified atom stereocenters. The van der Waals surface area contributed by atoms with E-state index in [-0.39, 0.29) is 0 Å². The van der Waals surface area contributed by atoms with Gasteiger partial charge in [0.2, 0.25) is 0 Å². The maximum absolute atomic E-state index is 4.36. The fraction of sp³-hybridized carbons (Fsp3) is 0.857. The summed E-state index contributed by atoms with van der Waals surface area (Å²) in [5.74, 6) is 2.77. The molecule has 0 bridgehead atoms. The third-order valence-corrected chi connectivity index (χ3v) is 4.22. The van der Waals surface area contributed by atoms with Crippen LogP contribution in [-0.2, 0) is 13.5 Å². The Hall–Kier alpha value is -0.900. The Morgan fingerprint density at radius 2 is 2.33 bits per heavy atom. The van der Waals surface area contributed by atoms with Crippen LogP contribution in [0, 0.1) is 11.8 Å². The number of likely N-dealkylation sites (N-methyl/N-ethyl adjacent to an activating group) is 1. The molecule has 0 aromatic carbocycles. The Kier molecular flexibility index (Phi) is 4.75. The normalized spacial score (nSPS) is 26.2. The highest BCUT2D eigenvalue weighted by molar-refractivity contribution is 4.92. The fourth-order valence-corrected chi connectivity index (χ4v) is 3.22. The molecule has 0 spiro atoms. The van der Waals surface area contributed by atoms with Crippen LogP contribution in [0.3, 0.4) is 0 Å².